The Balaban J connectivity index is 2.20. The fraction of sp³-hybridized carbons (Fsp3) is 0.278. The van der Waals surface area contributed by atoms with Gasteiger partial charge < -0.3 is 10.1 Å². The van der Waals surface area contributed by atoms with Crippen LogP contribution in [0.5, 0.6) is 5.75 Å². The molecule has 0 saturated carbocycles. The zero-order valence-corrected chi connectivity index (χ0v) is 16.9. The van der Waals surface area contributed by atoms with Crippen molar-refractivity contribution in [1.82, 2.24) is 9.62 Å². The summed E-state index contributed by atoms with van der Waals surface area (Å²) in [6, 6.07) is 9.18. The van der Waals surface area contributed by atoms with Crippen molar-refractivity contribution >= 4 is 27.5 Å². The minimum atomic E-state index is -3.73. The second-order valence-corrected chi connectivity index (χ2v) is 8.63. The molecule has 0 saturated heterocycles. The highest BCUT2D eigenvalue weighted by Gasteiger charge is 2.21. The average molecular weight is 433 g/mol. The molecule has 2 aromatic carbocycles. The van der Waals surface area contributed by atoms with Gasteiger partial charge in [-0.3, -0.25) is 4.79 Å². The third-order valence-electron chi connectivity index (χ3n) is 3.91. The maximum absolute atomic E-state index is 12.6. The van der Waals surface area contributed by atoms with Crippen molar-refractivity contribution in [3.63, 3.8) is 0 Å². The highest BCUT2D eigenvalue weighted by molar-refractivity contribution is 7.89. The van der Waals surface area contributed by atoms with Crippen molar-refractivity contribution in [2.24, 2.45) is 0 Å². The molecule has 152 valence electrons. The van der Waals surface area contributed by atoms with Crippen LogP contribution < -0.4 is 10.1 Å². The fourth-order valence-corrected chi connectivity index (χ4v) is 3.48. The largest absolute Gasteiger partial charge is 0.435 e. The molecule has 0 fully saturated rings. The van der Waals surface area contributed by atoms with Gasteiger partial charge in [-0.2, -0.15) is 8.78 Å². The number of amides is 1. The van der Waals surface area contributed by atoms with Crippen LogP contribution in [0.2, 0.25) is 5.02 Å². The summed E-state index contributed by atoms with van der Waals surface area (Å²) in [5, 5.41) is 2.80. The molecule has 0 bridgehead atoms. The summed E-state index contributed by atoms with van der Waals surface area (Å²) in [5.74, 6) is -0.567. The van der Waals surface area contributed by atoms with Gasteiger partial charge in [-0.25, -0.2) is 12.7 Å². The van der Waals surface area contributed by atoms with Crippen LogP contribution in [-0.4, -0.2) is 39.3 Å². The van der Waals surface area contributed by atoms with Gasteiger partial charge in [0.25, 0.3) is 5.91 Å². The lowest BCUT2D eigenvalue weighted by Crippen LogP contribution is -2.28. The molecule has 0 spiro atoms. The van der Waals surface area contributed by atoms with E-state index in [0.717, 1.165) is 4.31 Å². The summed E-state index contributed by atoms with van der Waals surface area (Å²) in [7, 11) is -0.961. The summed E-state index contributed by atoms with van der Waals surface area (Å²) in [5.41, 5.74) is 0.650. The summed E-state index contributed by atoms with van der Waals surface area (Å²) < 4.78 is 54.2. The topological polar surface area (TPSA) is 75.7 Å². The molecule has 0 radical (unpaired) electrons. The summed E-state index contributed by atoms with van der Waals surface area (Å²) >= 11 is 6.06. The van der Waals surface area contributed by atoms with Gasteiger partial charge in [0.1, 0.15) is 5.75 Å². The van der Waals surface area contributed by atoms with Gasteiger partial charge in [-0.15, -0.1) is 0 Å². The second-order valence-electron chi connectivity index (χ2n) is 6.07. The lowest BCUT2D eigenvalue weighted by Gasteiger charge is -2.17. The van der Waals surface area contributed by atoms with Crippen molar-refractivity contribution in [2.75, 3.05) is 14.1 Å². The zero-order chi connectivity index (χ0) is 21.1. The van der Waals surface area contributed by atoms with Crippen molar-refractivity contribution in [1.29, 1.82) is 0 Å². The first-order valence-electron chi connectivity index (χ1n) is 8.10. The van der Waals surface area contributed by atoms with Crippen LogP contribution in [0.25, 0.3) is 0 Å². The normalized spacial score (nSPS) is 12.9. The highest BCUT2D eigenvalue weighted by Crippen LogP contribution is 2.24. The number of nitrogens with zero attached hydrogens (tertiary/aromatic N) is 1. The standard InChI is InChI=1S/C18H19ClF2N2O4S/c1-11(12-4-6-13(7-5-12)27-18(20)21)22-17(24)15-10-14(8-9-16(15)19)28(25,26)23(2)3/h4-11,18H,1-3H3,(H,22,24)/t11-/m1/s1. The Hall–Kier alpha value is -2.23. The molecule has 28 heavy (non-hydrogen) atoms. The first-order chi connectivity index (χ1) is 13.0. The second kappa shape index (κ2) is 8.85. The van der Waals surface area contributed by atoms with Crippen LogP contribution in [-0.2, 0) is 10.0 Å². The number of alkyl halides is 2. The molecule has 10 heteroatoms. The molecule has 0 aliphatic heterocycles. The molecule has 1 N–H and O–H groups in total. The van der Waals surface area contributed by atoms with Gasteiger partial charge >= 0.3 is 6.61 Å². The summed E-state index contributed by atoms with van der Waals surface area (Å²) in [6.07, 6.45) is 0. The molecular formula is C18H19ClF2N2O4S. The van der Waals surface area contributed by atoms with E-state index in [1.54, 1.807) is 6.92 Å². The fourth-order valence-electron chi connectivity index (χ4n) is 2.35. The SMILES string of the molecule is C[C@@H](NC(=O)c1cc(S(=O)(=O)N(C)C)ccc1Cl)c1ccc(OC(F)F)cc1. The van der Waals surface area contributed by atoms with E-state index >= 15 is 0 Å². The molecule has 0 aliphatic rings. The van der Waals surface area contributed by atoms with Gasteiger partial charge in [0.15, 0.2) is 0 Å². The first-order valence-corrected chi connectivity index (χ1v) is 9.92. The quantitative estimate of drug-likeness (QED) is 0.724. The van der Waals surface area contributed by atoms with Gasteiger partial charge in [0.05, 0.1) is 21.5 Å². The van der Waals surface area contributed by atoms with Gasteiger partial charge in [0.2, 0.25) is 10.0 Å². The third-order valence-corrected chi connectivity index (χ3v) is 6.05. The van der Waals surface area contributed by atoms with Crippen molar-refractivity contribution in [3.05, 3.63) is 58.6 Å². The van der Waals surface area contributed by atoms with E-state index in [4.69, 9.17) is 11.6 Å². The number of ether oxygens (including phenoxy) is 1. The number of rotatable bonds is 7. The zero-order valence-electron chi connectivity index (χ0n) is 15.3. The predicted molar refractivity (Wildman–Crippen MR) is 101 cm³/mol. The number of hydrogen-bond donors (Lipinski definition) is 1. The Morgan fingerprint density at radius 2 is 1.75 bits per heavy atom. The maximum atomic E-state index is 12.6. The van der Waals surface area contributed by atoms with E-state index in [1.807, 2.05) is 0 Å². The highest BCUT2D eigenvalue weighted by atomic mass is 35.5. The van der Waals surface area contributed by atoms with Crippen LogP contribution in [0.4, 0.5) is 8.78 Å². The first kappa shape index (κ1) is 22.1. The number of sulfonamides is 1. The monoisotopic (exact) mass is 432 g/mol. The van der Waals surface area contributed by atoms with E-state index in [2.05, 4.69) is 10.1 Å². The van der Waals surface area contributed by atoms with E-state index in [1.165, 1.54) is 56.6 Å². The maximum Gasteiger partial charge on any atom is 0.387 e. The Labute approximate surface area is 167 Å². The van der Waals surface area contributed by atoms with E-state index in [-0.39, 0.29) is 21.2 Å². The summed E-state index contributed by atoms with van der Waals surface area (Å²) in [6.45, 7) is -1.23. The molecule has 1 amide bonds. The van der Waals surface area contributed by atoms with Gasteiger partial charge in [-0.05, 0) is 42.8 Å². The van der Waals surface area contributed by atoms with E-state index in [0.29, 0.717) is 5.56 Å². The molecule has 2 rings (SSSR count). The number of carbonyl (C=O) groups excluding carboxylic acids is 1. The summed E-state index contributed by atoms with van der Waals surface area (Å²) in [4.78, 5) is 12.5. The molecule has 6 nitrogen and oxygen atoms in total. The molecule has 0 unspecified atom stereocenters. The Bertz CT molecular complexity index is 951. The Morgan fingerprint density at radius 3 is 2.29 bits per heavy atom. The number of halogens is 3. The predicted octanol–water partition coefficient (Wildman–Crippen LogP) is 3.68. The van der Waals surface area contributed by atoms with Crippen molar-refractivity contribution in [2.45, 2.75) is 24.5 Å². The van der Waals surface area contributed by atoms with Gasteiger partial charge in [0, 0.05) is 14.1 Å². The minimum Gasteiger partial charge on any atom is -0.435 e. The number of nitrogens with one attached hydrogen (secondary N) is 1. The van der Waals surface area contributed by atoms with Crippen LogP contribution in [0, 0.1) is 0 Å². The molecule has 1 atom stereocenters. The number of hydrogen-bond acceptors (Lipinski definition) is 4. The smallest absolute Gasteiger partial charge is 0.387 e. The third kappa shape index (κ3) is 5.18. The van der Waals surface area contributed by atoms with Crippen LogP contribution in [0.1, 0.15) is 28.9 Å². The molecule has 0 aromatic heterocycles. The Kier molecular flexibility index (Phi) is 6.97. The lowest BCUT2D eigenvalue weighted by molar-refractivity contribution is -0.0498. The van der Waals surface area contributed by atoms with E-state index < -0.39 is 28.6 Å². The number of benzene rings is 2. The lowest BCUT2D eigenvalue weighted by atomic mass is 10.1. The molecular weight excluding hydrogens is 414 g/mol. The average Bonchev–Trinajstić information content (AvgIpc) is 2.61. The molecule has 0 heterocycles. The molecule has 0 aliphatic carbocycles. The Morgan fingerprint density at radius 1 is 1.14 bits per heavy atom. The van der Waals surface area contributed by atoms with Crippen LogP contribution in [0.15, 0.2) is 47.4 Å². The number of carbonyl (C=O) groups is 1. The van der Waals surface area contributed by atoms with Crippen LogP contribution in [0.3, 0.4) is 0 Å². The van der Waals surface area contributed by atoms with Gasteiger partial charge in [-0.1, -0.05) is 23.7 Å². The van der Waals surface area contributed by atoms with Crippen molar-refractivity contribution < 1.29 is 26.7 Å². The van der Waals surface area contributed by atoms with Crippen LogP contribution >= 0.6 is 11.6 Å². The van der Waals surface area contributed by atoms with E-state index in [9.17, 15) is 22.0 Å². The van der Waals surface area contributed by atoms with Crippen molar-refractivity contribution in [3.8, 4) is 5.75 Å². The molecule has 2 aromatic rings. The minimum absolute atomic E-state index is 0.00177.